The fourth-order valence-electron chi connectivity index (χ4n) is 2.86. The molecule has 1 unspecified atom stereocenters. The maximum atomic E-state index is 12.6. The smallest absolute Gasteiger partial charge is 0.293 e. The zero-order valence-electron chi connectivity index (χ0n) is 13.0. The summed E-state index contributed by atoms with van der Waals surface area (Å²) in [5.74, 6) is 1.20. The van der Waals surface area contributed by atoms with Crippen molar-refractivity contribution < 1.29 is 0 Å². The molecule has 1 fully saturated rings. The van der Waals surface area contributed by atoms with E-state index in [9.17, 15) is 4.79 Å². The lowest BCUT2D eigenvalue weighted by molar-refractivity contribution is 0.375. The van der Waals surface area contributed by atoms with E-state index in [0.717, 1.165) is 26.1 Å². The molecule has 1 atom stereocenters. The summed E-state index contributed by atoms with van der Waals surface area (Å²) in [6, 6.07) is 0. The van der Waals surface area contributed by atoms with Crippen LogP contribution < -0.4 is 15.8 Å². The Morgan fingerprint density at radius 2 is 2.20 bits per heavy atom. The first-order valence-corrected chi connectivity index (χ1v) is 7.41. The highest BCUT2D eigenvalue weighted by Crippen LogP contribution is 2.19. The average Bonchev–Trinajstić information content (AvgIpc) is 2.38. The predicted octanol–water partition coefficient (Wildman–Crippen LogP) is 1.43. The van der Waals surface area contributed by atoms with Crippen molar-refractivity contribution in [2.24, 2.45) is 5.92 Å². The van der Waals surface area contributed by atoms with E-state index in [2.05, 4.69) is 15.2 Å². The second-order valence-electron chi connectivity index (χ2n) is 6.61. The van der Waals surface area contributed by atoms with Gasteiger partial charge in [0.05, 0.1) is 0 Å². The van der Waals surface area contributed by atoms with Crippen LogP contribution in [0.4, 0.5) is 5.82 Å². The SMILES string of the molecule is CNCC1CCCN(c2nccn(C(C)(C)C)c2=O)C1. The van der Waals surface area contributed by atoms with Gasteiger partial charge in [-0.25, -0.2) is 4.98 Å². The first kappa shape index (κ1) is 15.0. The minimum absolute atomic E-state index is 0.0186. The largest absolute Gasteiger partial charge is 0.352 e. The fraction of sp³-hybridized carbons (Fsp3) is 0.733. The highest BCUT2D eigenvalue weighted by molar-refractivity contribution is 5.36. The van der Waals surface area contributed by atoms with Gasteiger partial charge in [0.2, 0.25) is 0 Å². The Morgan fingerprint density at radius 3 is 2.85 bits per heavy atom. The summed E-state index contributed by atoms with van der Waals surface area (Å²) < 4.78 is 1.77. The molecule has 5 nitrogen and oxygen atoms in total. The first-order valence-electron chi connectivity index (χ1n) is 7.41. The van der Waals surface area contributed by atoms with Crippen LogP contribution in [-0.4, -0.2) is 36.2 Å². The number of hydrogen-bond donors (Lipinski definition) is 1. The molecule has 0 radical (unpaired) electrons. The number of nitrogens with one attached hydrogen (secondary N) is 1. The Hall–Kier alpha value is -1.36. The number of hydrogen-bond acceptors (Lipinski definition) is 4. The minimum Gasteiger partial charge on any atom is -0.352 e. The third-order valence-electron chi connectivity index (χ3n) is 3.86. The normalized spacial score (nSPS) is 20.2. The molecular formula is C15H26N4O. The van der Waals surface area contributed by atoms with Crippen LogP contribution in [0.1, 0.15) is 33.6 Å². The molecule has 20 heavy (non-hydrogen) atoms. The molecule has 1 aliphatic rings. The lowest BCUT2D eigenvalue weighted by Gasteiger charge is -2.34. The van der Waals surface area contributed by atoms with Crippen LogP contribution >= 0.6 is 0 Å². The molecule has 0 aliphatic carbocycles. The van der Waals surface area contributed by atoms with E-state index in [0.29, 0.717) is 11.7 Å². The van der Waals surface area contributed by atoms with Crippen molar-refractivity contribution >= 4 is 5.82 Å². The van der Waals surface area contributed by atoms with Crippen molar-refractivity contribution in [2.45, 2.75) is 39.2 Å². The van der Waals surface area contributed by atoms with Gasteiger partial charge < -0.3 is 14.8 Å². The number of anilines is 1. The zero-order valence-corrected chi connectivity index (χ0v) is 13.0. The van der Waals surface area contributed by atoms with Crippen LogP contribution in [0.25, 0.3) is 0 Å². The Morgan fingerprint density at radius 1 is 1.45 bits per heavy atom. The average molecular weight is 278 g/mol. The van der Waals surface area contributed by atoms with Crippen molar-refractivity contribution in [2.75, 3.05) is 31.6 Å². The van der Waals surface area contributed by atoms with E-state index in [1.165, 1.54) is 6.42 Å². The zero-order chi connectivity index (χ0) is 14.8. The molecule has 1 aromatic rings. The van der Waals surface area contributed by atoms with E-state index in [1.54, 1.807) is 17.0 Å². The molecule has 112 valence electrons. The number of aromatic nitrogens is 2. The third kappa shape index (κ3) is 3.20. The summed E-state index contributed by atoms with van der Waals surface area (Å²) >= 11 is 0. The van der Waals surface area contributed by atoms with E-state index in [1.807, 2.05) is 27.8 Å². The molecule has 2 heterocycles. The van der Waals surface area contributed by atoms with E-state index in [-0.39, 0.29) is 11.1 Å². The molecule has 0 spiro atoms. The van der Waals surface area contributed by atoms with Crippen molar-refractivity contribution in [3.05, 3.63) is 22.7 Å². The maximum Gasteiger partial charge on any atom is 0.293 e. The van der Waals surface area contributed by atoms with Crippen molar-refractivity contribution in [1.82, 2.24) is 14.9 Å². The summed E-state index contributed by atoms with van der Waals surface area (Å²) in [6.07, 6.45) is 5.86. The molecule has 5 heteroatoms. The predicted molar refractivity (Wildman–Crippen MR) is 82.4 cm³/mol. The molecule has 1 N–H and O–H groups in total. The van der Waals surface area contributed by atoms with E-state index >= 15 is 0 Å². The molecule has 1 aromatic heterocycles. The van der Waals surface area contributed by atoms with Gasteiger partial charge in [0.15, 0.2) is 5.82 Å². The topological polar surface area (TPSA) is 50.2 Å². The number of rotatable bonds is 3. The van der Waals surface area contributed by atoms with E-state index < -0.39 is 0 Å². The van der Waals surface area contributed by atoms with Gasteiger partial charge in [0.1, 0.15) is 0 Å². The molecule has 0 aromatic carbocycles. The van der Waals surface area contributed by atoms with Gasteiger partial charge in [0, 0.05) is 31.0 Å². The summed E-state index contributed by atoms with van der Waals surface area (Å²) in [5.41, 5.74) is -0.195. The monoisotopic (exact) mass is 278 g/mol. The summed E-state index contributed by atoms with van der Waals surface area (Å²) in [5, 5.41) is 3.23. The molecule has 0 saturated carbocycles. The lowest BCUT2D eigenvalue weighted by atomic mass is 9.98. The summed E-state index contributed by atoms with van der Waals surface area (Å²) in [7, 11) is 1.98. The van der Waals surface area contributed by atoms with E-state index in [4.69, 9.17) is 0 Å². The standard InChI is InChI=1S/C15H26N4O/c1-15(2,3)19-9-7-17-13(14(19)20)18-8-5-6-12(11-18)10-16-4/h7,9,12,16H,5-6,8,10-11H2,1-4H3. The Bertz CT molecular complexity index is 501. The van der Waals surface area contributed by atoms with Crippen LogP contribution in [-0.2, 0) is 5.54 Å². The lowest BCUT2D eigenvalue weighted by Crippen LogP contribution is -2.44. The third-order valence-corrected chi connectivity index (χ3v) is 3.86. The van der Waals surface area contributed by atoms with Gasteiger partial charge in [-0.15, -0.1) is 0 Å². The van der Waals surface area contributed by atoms with Crippen LogP contribution in [0, 0.1) is 5.92 Å². The Kier molecular flexibility index (Phi) is 4.48. The second kappa shape index (κ2) is 5.95. The van der Waals surface area contributed by atoms with Crippen LogP contribution in [0.5, 0.6) is 0 Å². The summed E-state index contributed by atoms with van der Waals surface area (Å²) in [4.78, 5) is 19.1. The van der Waals surface area contributed by atoms with Gasteiger partial charge >= 0.3 is 0 Å². The molecule has 0 amide bonds. The number of piperidine rings is 1. The van der Waals surface area contributed by atoms with Gasteiger partial charge in [-0.1, -0.05) is 0 Å². The second-order valence-corrected chi connectivity index (χ2v) is 6.61. The van der Waals surface area contributed by atoms with Crippen LogP contribution in [0.15, 0.2) is 17.2 Å². The first-order chi connectivity index (χ1) is 9.43. The van der Waals surface area contributed by atoms with Gasteiger partial charge in [-0.05, 0) is 53.1 Å². The molecule has 0 bridgehead atoms. The number of nitrogens with zero attached hydrogens (tertiary/aromatic N) is 3. The van der Waals surface area contributed by atoms with Crippen LogP contribution in [0.3, 0.4) is 0 Å². The van der Waals surface area contributed by atoms with Gasteiger partial charge in [-0.2, -0.15) is 0 Å². The maximum absolute atomic E-state index is 12.6. The minimum atomic E-state index is -0.213. The molecule has 2 rings (SSSR count). The molecule has 1 aliphatic heterocycles. The molecule has 1 saturated heterocycles. The highest BCUT2D eigenvalue weighted by Gasteiger charge is 2.24. The Balaban J connectivity index is 2.27. The van der Waals surface area contributed by atoms with Gasteiger partial charge in [-0.3, -0.25) is 4.79 Å². The quantitative estimate of drug-likeness (QED) is 0.909. The highest BCUT2D eigenvalue weighted by atomic mass is 16.1. The summed E-state index contributed by atoms with van der Waals surface area (Å²) in [6.45, 7) is 8.96. The van der Waals surface area contributed by atoms with Crippen molar-refractivity contribution in [1.29, 1.82) is 0 Å². The van der Waals surface area contributed by atoms with Crippen molar-refractivity contribution in [3.8, 4) is 0 Å². The van der Waals surface area contributed by atoms with Crippen molar-refractivity contribution in [3.63, 3.8) is 0 Å². The van der Waals surface area contributed by atoms with Crippen LogP contribution in [0.2, 0.25) is 0 Å². The van der Waals surface area contributed by atoms with Gasteiger partial charge in [0.25, 0.3) is 5.56 Å². The fourth-order valence-corrected chi connectivity index (χ4v) is 2.86. The molecular weight excluding hydrogens is 252 g/mol. The Labute approximate surface area is 121 Å².